The molecule has 0 bridgehead atoms. The Morgan fingerprint density at radius 3 is 2.14 bits per heavy atom. The highest BCUT2D eigenvalue weighted by molar-refractivity contribution is 8.46. The van der Waals surface area contributed by atoms with Crippen molar-refractivity contribution in [3.8, 4) is 5.75 Å². The molecule has 0 fully saturated rings. The van der Waals surface area contributed by atoms with Crippen LogP contribution in [0.5, 0.6) is 5.75 Å². The fourth-order valence-corrected chi connectivity index (χ4v) is 3.07. The van der Waals surface area contributed by atoms with Gasteiger partial charge in [-0.2, -0.15) is 0 Å². The molecular formula is C14H13O3S4-. The van der Waals surface area contributed by atoms with Crippen molar-refractivity contribution in [2.45, 2.75) is 9.79 Å². The van der Waals surface area contributed by atoms with Crippen molar-refractivity contribution in [3.63, 3.8) is 0 Å². The van der Waals surface area contributed by atoms with Crippen LogP contribution in [-0.4, -0.2) is 18.2 Å². The molecule has 2 rings (SSSR count). The third-order valence-corrected chi connectivity index (χ3v) is 4.54. The zero-order valence-corrected chi connectivity index (χ0v) is 14.4. The predicted octanol–water partition coefficient (Wildman–Crippen LogP) is 3.27. The van der Waals surface area contributed by atoms with E-state index in [-0.39, 0.29) is 5.56 Å². The van der Waals surface area contributed by atoms with E-state index in [1.54, 1.807) is 25.3 Å². The number of benzene rings is 2. The number of ether oxygens (including phenoxy) is 1. The molecule has 2 aromatic carbocycles. The molecule has 7 heteroatoms. The lowest BCUT2D eigenvalue weighted by molar-refractivity contribution is 0.0693. The van der Waals surface area contributed by atoms with Crippen molar-refractivity contribution in [1.82, 2.24) is 0 Å². The van der Waals surface area contributed by atoms with Gasteiger partial charge in [0.1, 0.15) is 5.75 Å². The number of carboxylic acids is 1. The van der Waals surface area contributed by atoms with E-state index in [0.29, 0.717) is 4.90 Å². The van der Waals surface area contributed by atoms with Gasteiger partial charge in [-0.15, -0.1) is 17.5 Å². The first kappa shape index (κ1) is 17.9. The number of rotatable bonds is 3. The van der Waals surface area contributed by atoms with Crippen LogP contribution in [0.15, 0.2) is 58.3 Å². The van der Waals surface area contributed by atoms with Crippen LogP contribution < -0.4 is 4.74 Å². The maximum Gasteiger partial charge on any atom is 0.334 e. The summed E-state index contributed by atoms with van der Waals surface area (Å²) in [5.41, 5.74) is 0.214. The van der Waals surface area contributed by atoms with Gasteiger partial charge in [0.2, 0.25) is 0 Å². The first-order valence-corrected chi connectivity index (χ1v) is 9.23. The van der Waals surface area contributed by atoms with E-state index in [4.69, 9.17) is 32.2 Å². The Hall–Kier alpha value is -1.15. The van der Waals surface area contributed by atoms with Gasteiger partial charge in [0, 0.05) is 10.5 Å². The molecule has 0 aliphatic carbocycles. The van der Waals surface area contributed by atoms with Crippen LogP contribution >= 0.6 is 12.6 Å². The zero-order chi connectivity index (χ0) is 15.8. The Labute approximate surface area is 140 Å². The van der Waals surface area contributed by atoms with Crippen LogP contribution in [0.1, 0.15) is 10.4 Å². The Morgan fingerprint density at radius 2 is 1.71 bits per heavy atom. The smallest absolute Gasteiger partial charge is 0.334 e. The maximum atomic E-state index is 10.6. The van der Waals surface area contributed by atoms with Crippen LogP contribution in [0.3, 0.4) is 0 Å². The van der Waals surface area contributed by atoms with Crippen molar-refractivity contribution < 1.29 is 14.6 Å². The minimum Gasteiger partial charge on any atom is -0.496 e. The SMILES string of the molecule is COc1ccccc1S.O=C(O)c1ccccc1[S-](=S)=S. The predicted molar refractivity (Wildman–Crippen MR) is 94.0 cm³/mol. The first-order chi connectivity index (χ1) is 9.97. The van der Waals surface area contributed by atoms with E-state index in [1.807, 2.05) is 24.3 Å². The molecule has 3 nitrogen and oxygen atoms in total. The third-order valence-electron chi connectivity index (χ3n) is 2.38. The van der Waals surface area contributed by atoms with Crippen LogP contribution in [0, 0.1) is 0 Å². The minimum absolute atomic E-state index is 0.214. The molecule has 2 aromatic rings. The molecule has 0 aromatic heterocycles. The monoisotopic (exact) mass is 357 g/mol. The standard InChI is InChI=1S/C7H5O2S3.C7H8OS/c8-7(9)5-3-1-2-4-6(5)12(10)11;1-8-6-4-2-3-5-7(6)9/h1-4H,(H,8,9);2-5,9H,1H3/q-1;. The van der Waals surface area contributed by atoms with E-state index < -0.39 is 14.0 Å². The van der Waals surface area contributed by atoms with Crippen molar-refractivity contribution in [2.75, 3.05) is 7.11 Å². The normalized spacial score (nSPS) is 9.67. The summed E-state index contributed by atoms with van der Waals surface area (Å²) in [7, 11) is 0.809. The molecular weight excluding hydrogens is 344 g/mol. The molecule has 0 saturated heterocycles. The van der Waals surface area contributed by atoms with Gasteiger partial charge in [-0.3, -0.25) is 22.4 Å². The zero-order valence-electron chi connectivity index (χ0n) is 11.1. The van der Waals surface area contributed by atoms with Crippen molar-refractivity contribution in [2.24, 2.45) is 0 Å². The topological polar surface area (TPSA) is 46.5 Å². The molecule has 1 N–H and O–H groups in total. The molecule has 0 aliphatic heterocycles. The van der Waals surface area contributed by atoms with E-state index in [1.165, 1.54) is 6.07 Å². The van der Waals surface area contributed by atoms with Gasteiger partial charge < -0.3 is 17.9 Å². The van der Waals surface area contributed by atoms with E-state index in [0.717, 1.165) is 10.6 Å². The molecule has 0 saturated carbocycles. The molecule has 21 heavy (non-hydrogen) atoms. The van der Waals surface area contributed by atoms with Crippen LogP contribution in [-0.2, 0) is 30.4 Å². The fourth-order valence-electron chi connectivity index (χ4n) is 1.42. The highest BCUT2D eigenvalue weighted by Crippen LogP contribution is 2.19. The second kappa shape index (κ2) is 8.99. The van der Waals surface area contributed by atoms with Gasteiger partial charge in [0.05, 0.1) is 7.11 Å². The number of methoxy groups -OCH3 is 1. The fraction of sp³-hybridized carbons (Fsp3) is 0.0714. The lowest BCUT2D eigenvalue weighted by Crippen LogP contribution is -1.99. The van der Waals surface area contributed by atoms with Gasteiger partial charge >= 0.3 is 5.97 Å². The Morgan fingerprint density at radius 1 is 1.14 bits per heavy atom. The number of aromatic carboxylic acids is 1. The van der Waals surface area contributed by atoms with Crippen LogP contribution in [0.2, 0.25) is 0 Å². The Bertz CT molecular complexity index is 688. The molecule has 0 spiro atoms. The summed E-state index contributed by atoms with van der Waals surface area (Å²) in [6.07, 6.45) is 0. The summed E-state index contributed by atoms with van der Waals surface area (Å²) in [6, 6.07) is 14.2. The molecule has 0 amide bonds. The average Bonchev–Trinajstić information content (AvgIpc) is 2.48. The third kappa shape index (κ3) is 5.62. The summed E-state index contributed by atoms with van der Waals surface area (Å²) in [5.74, 6) is -0.154. The lowest BCUT2D eigenvalue weighted by Gasteiger charge is -2.07. The molecule has 0 aliphatic rings. The number of hydrogen-bond donors (Lipinski definition) is 2. The summed E-state index contributed by atoms with van der Waals surface area (Å²) >= 11 is 13.8. The quantitative estimate of drug-likeness (QED) is 0.652. The summed E-state index contributed by atoms with van der Waals surface area (Å²) in [6.45, 7) is 0. The van der Waals surface area contributed by atoms with E-state index >= 15 is 0 Å². The second-order valence-electron chi connectivity index (χ2n) is 3.71. The van der Waals surface area contributed by atoms with E-state index in [9.17, 15) is 4.79 Å². The Balaban J connectivity index is 0.000000219. The minimum atomic E-state index is -0.974. The highest BCUT2D eigenvalue weighted by atomic mass is 33.1. The van der Waals surface area contributed by atoms with Gasteiger partial charge in [-0.1, -0.05) is 30.3 Å². The maximum absolute atomic E-state index is 10.6. The molecule has 0 unspecified atom stereocenters. The number of para-hydroxylation sites is 1. The average molecular weight is 358 g/mol. The number of carbonyl (C=O) groups is 1. The summed E-state index contributed by atoms with van der Waals surface area (Å²) in [4.78, 5) is 12.1. The molecule has 0 atom stereocenters. The molecule has 112 valence electrons. The Kier molecular flexibility index (Phi) is 7.66. The number of carboxylic acid groups (broad SMARTS) is 1. The summed E-state index contributed by atoms with van der Waals surface area (Å²) < 4.78 is 4.97. The van der Waals surface area contributed by atoms with E-state index in [2.05, 4.69) is 12.6 Å². The summed E-state index contributed by atoms with van der Waals surface area (Å²) in [5, 5.41) is 8.73. The van der Waals surface area contributed by atoms with Crippen molar-refractivity contribution in [1.29, 1.82) is 0 Å². The largest absolute Gasteiger partial charge is 0.496 e. The highest BCUT2D eigenvalue weighted by Gasteiger charge is 2.01. The van der Waals surface area contributed by atoms with Gasteiger partial charge in [-0.25, -0.2) is 4.79 Å². The number of thiol groups is 1. The van der Waals surface area contributed by atoms with Crippen molar-refractivity contribution in [3.05, 3.63) is 54.1 Å². The number of hydrogen-bond acceptors (Lipinski definition) is 6. The van der Waals surface area contributed by atoms with Gasteiger partial charge in [0.15, 0.2) is 0 Å². The first-order valence-electron chi connectivity index (χ1n) is 5.71. The molecule has 0 radical (unpaired) electrons. The van der Waals surface area contributed by atoms with Crippen LogP contribution in [0.25, 0.3) is 0 Å². The van der Waals surface area contributed by atoms with Crippen LogP contribution in [0.4, 0.5) is 0 Å². The molecule has 0 heterocycles. The van der Waals surface area contributed by atoms with Crippen molar-refractivity contribution >= 4 is 49.0 Å². The lowest BCUT2D eigenvalue weighted by atomic mass is 10.2. The van der Waals surface area contributed by atoms with Gasteiger partial charge in [-0.05, 0) is 18.2 Å². The van der Waals surface area contributed by atoms with Gasteiger partial charge in [0.25, 0.3) is 0 Å². The second-order valence-corrected chi connectivity index (χ2v) is 7.73.